The van der Waals surface area contributed by atoms with Crippen LogP contribution in [0.1, 0.15) is 44.1 Å². The van der Waals surface area contributed by atoms with E-state index in [9.17, 15) is 5.11 Å². The number of nitrogens with zero attached hydrogens (tertiary/aromatic N) is 2. The molecular formula is C13H25N3O. The monoisotopic (exact) mass is 239 g/mol. The summed E-state index contributed by atoms with van der Waals surface area (Å²) < 4.78 is 2.00. The van der Waals surface area contributed by atoms with Gasteiger partial charge in [0, 0.05) is 30.4 Å². The second-order valence-corrected chi connectivity index (χ2v) is 5.05. The second kappa shape index (κ2) is 6.17. The average molecular weight is 239 g/mol. The molecule has 0 saturated carbocycles. The number of nitrogens with one attached hydrogen (secondary N) is 1. The van der Waals surface area contributed by atoms with Crippen LogP contribution in [0, 0.1) is 13.8 Å². The Labute approximate surface area is 104 Å². The number of aliphatic hydroxyl groups is 1. The molecule has 0 aliphatic carbocycles. The summed E-state index contributed by atoms with van der Waals surface area (Å²) in [6.07, 6.45) is 0.482. The quantitative estimate of drug-likeness (QED) is 0.795. The Morgan fingerprint density at radius 1 is 1.29 bits per heavy atom. The van der Waals surface area contributed by atoms with E-state index >= 15 is 0 Å². The lowest BCUT2D eigenvalue weighted by Gasteiger charge is -2.09. The SMILES string of the molecule is Cc1nn(CCC(C)O)c(C)c1CNC(C)C. The lowest BCUT2D eigenvalue weighted by Crippen LogP contribution is -2.22. The minimum atomic E-state index is -0.267. The minimum Gasteiger partial charge on any atom is -0.393 e. The molecule has 1 rings (SSSR count). The molecule has 1 unspecified atom stereocenters. The number of rotatable bonds is 6. The molecule has 0 amide bonds. The van der Waals surface area contributed by atoms with Gasteiger partial charge in [-0.3, -0.25) is 4.68 Å². The van der Waals surface area contributed by atoms with E-state index in [2.05, 4.69) is 31.2 Å². The average Bonchev–Trinajstić information content (AvgIpc) is 2.48. The van der Waals surface area contributed by atoms with Gasteiger partial charge in [-0.05, 0) is 27.2 Å². The predicted octanol–water partition coefficient (Wildman–Crippen LogP) is 1.77. The van der Waals surface area contributed by atoms with Crippen molar-refractivity contribution in [2.75, 3.05) is 0 Å². The Hall–Kier alpha value is -0.870. The summed E-state index contributed by atoms with van der Waals surface area (Å²) in [5, 5.41) is 17.2. The zero-order chi connectivity index (χ0) is 13.0. The van der Waals surface area contributed by atoms with Gasteiger partial charge in [-0.15, -0.1) is 0 Å². The first-order valence-corrected chi connectivity index (χ1v) is 6.36. The topological polar surface area (TPSA) is 50.1 Å². The van der Waals surface area contributed by atoms with Crippen LogP contribution in [0.15, 0.2) is 0 Å². The van der Waals surface area contributed by atoms with E-state index in [-0.39, 0.29) is 6.10 Å². The molecule has 0 fully saturated rings. The smallest absolute Gasteiger partial charge is 0.0641 e. The number of aryl methyl sites for hydroxylation is 2. The summed E-state index contributed by atoms with van der Waals surface area (Å²) in [5.74, 6) is 0. The predicted molar refractivity (Wildman–Crippen MR) is 70.0 cm³/mol. The van der Waals surface area contributed by atoms with E-state index in [1.165, 1.54) is 11.3 Å². The van der Waals surface area contributed by atoms with E-state index in [1.807, 2.05) is 18.5 Å². The summed E-state index contributed by atoms with van der Waals surface area (Å²) in [7, 11) is 0. The molecule has 0 aliphatic rings. The van der Waals surface area contributed by atoms with Crippen molar-refractivity contribution in [2.24, 2.45) is 0 Å². The standard InChI is InChI=1S/C13H25N3O/c1-9(2)14-8-13-11(4)15-16(12(13)5)7-6-10(3)17/h9-10,14,17H,6-8H2,1-5H3. The van der Waals surface area contributed by atoms with Crippen LogP contribution >= 0.6 is 0 Å². The van der Waals surface area contributed by atoms with Crippen LogP contribution in [-0.4, -0.2) is 27.0 Å². The van der Waals surface area contributed by atoms with Crippen molar-refractivity contribution < 1.29 is 5.11 Å². The Morgan fingerprint density at radius 2 is 1.94 bits per heavy atom. The largest absolute Gasteiger partial charge is 0.393 e. The van der Waals surface area contributed by atoms with Crippen molar-refractivity contribution in [1.82, 2.24) is 15.1 Å². The van der Waals surface area contributed by atoms with E-state index < -0.39 is 0 Å². The van der Waals surface area contributed by atoms with Crippen LogP contribution in [0.2, 0.25) is 0 Å². The highest BCUT2D eigenvalue weighted by Crippen LogP contribution is 2.13. The van der Waals surface area contributed by atoms with Crippen molar-refractivity contribution in [3.05, 3.63) is 17.0 Å². The zero-order valence-electron chi connectivity index (χ0n) is 11.6. The van der Waals surface area contributed by atoms with Gasteiger partial charge in [0.1, 0.15) is 0 Å². The first-order chi connectivity index (χ1) is 7.91. The first-order valence-electron chi connectivity index (χ1n) is 6.36. The number of hydrogen-bond acceptors (Lipinski definition) is 3. The molecule has 4 nitrogen and oxygen atoms in total. The third-order valence-electron chi connectivity index (χ3n) is 2.98. The van der Waals surface area contributed by atoms with Crippen LogP contribution in [0.4, 0.5) is 0 Å². The molecule has 2 N–H and O–H groups in total. The van der Waals surface area contributed by atoms with Crippen molar-refractivity contribution in [2.45, 2.75) is 66.3 Å². The van der Waals surface area contributed by atoms with Gasteiger partial charge in [-0.1, -0.05) is 13.8 Å². The number of aliphatic hydroxyl groups excluding tert-OH is 1. The molecule has 0 bridgehead atoms. The van der Waals surface area contributed by atoms with Crippen LogP contribution in [0.5, 0.6) is 0 Å². The molecule has 4 heteroatoms. The molecule has 1 atom stereocenters. The van der Waals surface area contributed by atoms with Crippen molar-refractivity contribution in [3.63, 3.8) is 0 Å². The zero-order valence-corrected chi connectivity index (χ0v) is 11.6. The molecule has 0 saturated heterocycles. The Balaban J connectivity index is 2.71. The van der Waals surface area contributed by atoms with Crippen LogP contribution < -0.4 is 5.32 Å². The van der Waals surface area contributed by atoms with Crippen LogP contribution in [0.25, 0.3) is 0 Å². The van der Waals surface area contributed by atoms with Crippen LogP contribution in [0.3, 0.4) is 0 Å². The Kier molecular flexibility index (Phi) is 5.15. The fraction of sp³-hybridized carbons (Fsp3) is 0.769. The maximum absolute atomic E-state index is 9.30. The van der Waals surface area contributed by atoms with Gasteiger partial charge in [0.15, 0.2) is 0 Å². The summed E-state index contributed by atoms with van der Waals surface area (Å²) in [6.45, 7) is 11.9. The van der Waals surface area contributed by atoms with Gasteiger partial charge in [-0.2, -0.15) is 5.10 Å². The molecule has 17 heavy (non-hydrogen) atoms. The summed E-state index contributed by atoms with van der Waals surface area (Å²) in [4.78, 5) is 0. The highest BCUT2D eigenvalue weighted by Gasteiger charge is 2.11. The molecular weight excluding hydrogens is 214 g/mol. The summed E-state index contributed by atoms with van der Waals surface area (Å²) in [5.41, 5.74) is 3.57. The van der Waals surface area contributed by atoms with Gasteiger partial charge >= 0.3 is 0 Å². The van der Waals surface area contributed by atoms with E-state index in [1.54, 1.807) is 0 Å². The molecule has 1 aromatic heterocycles. The third kappa shape index (κ3) is 4.13. The fourth-order valence-corrected chi connectivity index (χ4v) is 1.82. The minimum absolute atomic E-state index is 0.267. The van der Waals surface area contributed by atoms with Gasteiger partial charge < -0.3 is 10.4 Å². The highest BCUT2D eigenvalue weighted by atomic mass is 16.3. The van der Waals surface area contributed by atoms with E-state index in [4.69, 9.17) is 0 Å². The molecule has 0 spiro atoms. The van der Waals surface area contributed by atoms with Gasteiger partial charge in [0.2, 0.25) is 0 Å². The second-order valence-electron chi connectivity index (χ2n) is 5.05. The number of hydrogen-bond donors (Lipinski definition) is 2. The van der Waals surface area contributed by atoms with E-state index in [0.717, 1.165) is 25.2 Å². The van der Waals surface area contributed by atoms with Crippen molar-refractivity contribution >= 4 is 0 Å². The number of aromatic nitrogens is 2. The third-order valence-corrected chi connectivity index (χ3v) is 2.98. The summed E-state index contributed by atoms with van der Waals surface area (Å²) in [6, 6.07) is 0.481. The van der Waals surface area contributed by atoms with Crippen LogP contribution in [-0.2, 0) is 13.1 Å². The maximum Gasteiger partial charge on any atom is 0.0641 e. The molecule has 0 aromatic carbocycles. The molecule has 0 aliphatic heterocycles. The summed E-state index contributed by atoms with van der Waals surface area (Å²) >= 11 is 0. The molecule has 0 radical (unpaired) electrons. The normalized spacial score (nSPS) is 13.4. The lowest BCUT2D eigenvalue weighted by molar-refractivity contribution is 0.176. The molecule has 1 heterocycles. The highest BCUT2D eigenvalue weighted by molar-refractivity contribution is 5.24. The van der Waals surface area contributed by atoms with Crippen molar-refractivity contribution in [1.29, 1.82) is 0 Å². The Bertz CT molecular complexity index is 356. The molecule has 1 aromatic rings. The van der Waals surface area contributed by atoms with Gasteiger partial charge in [0.25, 0.3) is 0 Å². The first kappa shape index (κ1) is 14.2. The fourth-order valence-electron chi connectivity index (χ4n) is 1.82. The van der Waals surface area contributed by atoms with E-state index in [0.29, 0.717) is 6.04 Å². The van der Waals surface area contributed by atoms with Crippen molar-refractivity contribution in [3.8, 4) is 0 Å². The van der Waals surface area contributed by atoms with Gasteiger partial charge in [0.05, 0.1) is 11.8 Å². The van der Waals surface area contributed by atoms with Gasteiger partial charge in [-0.25, -0.2) is 0 Å². The maximum atomic E-state index is 9.30. The molecule has 98 valence electrons. The lowest BCUT2D eigenvalue weighted by atomic mass is 10.2. The Morgan fingerprint density at radius 3 is 2.47 bits per heavy atom.